The number of esters is 1. The monoisotopic (exact) mass is 492 g/mol. The molecule has 0 bridgehead atoms. The van der Waals surface area contributed by atoms with E-state index in [-0.39, 0.29) is 17.8 Å². The summed E-state index contributed by atoms with van der Waals surface area (Å²) < 4.78 is 7.20. The number of amides is 1. The van der Waals surface area contributed by atoms with Crippen LogP contribution in [0.25, 0.3) is 17.1 Å². The van der Waals surface area contributed by atoms with Crippen LogP contribution in [0.3, 0.4) is 0 Å². The molecule has 0 aliphatic carbocycles. The van der Waals surface area contributed by atoms with E-state index in [1.807, 2.05) is 30.0 Å². The number of hydrogen-bond acceptors (Lipinski definition) is 6. The number of nitrogens with zero attached hydrogens (tertiary/aromatic N) is 4. The molecule has 4 rings (SSSR count). The first-order valence-corrected chi connectivity index (χ1v) is 13.2. The Morgan fingerprint density at radius 2 is 1.74 bits per heavy atom. The third-order valence-electron chi connectivity index (χ3n) is 6.19. The predicted octanol–water partition coefficient (Wildman–Crippen LogP) is 4.92. The molecule has 0 N–H and O–H groups in total. The molecular formula is C27H32N4O3S. The molecule has 35 heavy (non-hydrogen) atoms. The van der Waals surface area contributed by atoms with Gasteiger partial charge in [0.1, 0.15) is 0 Å². The van der Waals surface area contributed by atoms with E-state index >= 15 is 0 Å². The van der Waals surface area contributed by atoms with E-state index in [2.05, 4.69) is 58.1 Å². The van der Waals surface area contributed by atoms with Gasteiger partial charge in [0.15, 0.2) is 11.0 Å². The minimum absolute atomic E-state index is 0.0818. The molecule has 1 fully saturated rings. The summed E-state index contributed by atoms with van der Waals surface area (Å²) in [5.74, 6) is 1.51. The molecule has 1 aromatic heterocycles. The molecule has 1 saturated heterocycles. The number of likely N-dealkylation sites (tertiary alicyclic amines) is 1. The first-order chi connectivity index (χ1) is 17.1. The van der Waals surface area contributed by atoms with E-state index in [0.29, 0.717) is 39.0 Å². The Balaban J connectivity index is 1.34. The Morgan fingerprint density at radius 1 is 1.03 bits per heavy atom. The molecule has 0 unspecified atom stereocenters. The van der Waals surface area contributed by atoms with Crippen LogP contribution in [-0.4, -0.2) is 57.0 Å². The van der Waals surface area contributed by atoms with Crippen LogP contribution in [-0.2, 0) is 14.3 Å². The zero-order chi connectivity index (χ0) is 24.6. The third-order valence-corrected chi connectivity index (χ3v) is 7.21. The van der Waals surface area contributed by atoms with Crippen LogP contribution in [0.15, 0.2) is 59.8 Å². The van der Waals surface area contributed by atoms with E-state index in [1.54, 1.807) is 11.8 Å². The minimum atomic E-state index is -0.136. The highest BCUT2D eigenvalue weighted by Crippen LogP contribution is 2.29. The van der Waals surface area contributed by atoms with Gasteiger partial charge in [-0.05, 0) is 45.2 Å². The van der Waals surface area contributed by atoms with Gasteiger partial charge in [0.2, 0.25) is 5.91 Å². The van der Waals surface area contributed by atoms with Crippen LogP contribution in [0.2, 0.25) is 0 Å². The lowest BCUT2D eigenvalue weighted by Gasteiger charge is -2.31. The smallest absolute Gasteiger partial charge is 0.309 e. The van der Waals surface area contributed by atoms with Crippen molar-refractivity contribution in [3.8, 4) is 17.1 Å². The zero-order valence-electron chi connectivity index (χ0n) is 20.4. The maximum Gasteiger partial charge on any atom is 0.309 e. The van der Waals surface area contributed by atoms with Gasteiger partial charge in [-0.2, -0.15) is 0 Å². The second kappa shape index (κ2) is 12.0. The molecule has 0 saturated carbocycles. The summed E-state index contributed by atoms with van der Waals surface area (Å²) in [7, 11) is 0. The molecule has 0 radical (unpaired) electrons. The Labute approximate surface area is 210 Å². The van der Waals surface area contributed by atoms with Crippen molar-refractivity contribution >= 4 is 23.6 Å². The quantitative estimate of drug-likeness (QED) is 0.240. The summed E-state index contributed by atoms with van der Waals surface area (Å²) in [6, 6.07) is 18.4. The van der Waals surface area contributed by atoms with Crippen molar-refractivity contribution in [1.82, 2.24) is 19.7 Å². The van der Waals surface area contributed by atoms with Crippen molar-refractivity contribution in [3.05, 3.63) is 60.2 Å². The number of ether oxygens (including phenoxy) is 1. The molecule has 7 nitrogen and oxygen atoms in total. The second-order valence-electron chi connectivity index (χ2n) is 8.70. The van der Waals surface area contributed by atoms with Gasteiger partial charge in [0.25, 0.3) is 0 Å². The number of aryl methyl sites for hydroxylation is 1. The summed E-state index contributed by atoms with van der Waals surface area (Å²) in [6.45, 7) is 5.53. The summed E-state index contributed by atoms with van der Waals surface area (Å²) in [6.07, 6.45) is 2.60. The number of carbonyl (C=O) groups is 2. The van der Waals surface area contributed by atoms with E-state index in [1.165, 1.54) is 5.56 Å². The lowest BCUT2D eigenvalue weighted by atomic mass is 9.97. The first kappa shape index (κ1) is 25.0. The van der Waals surface area contributed by atoms with Gasteiger partial charge in [0.05, 0.1) is 12.5 Å². The average Bonchev–Trinajstić information content (AvgIpc) is 3.31. The van der Waals surface area contributed by atoms with Crippen LogP contribution in [0.1, 0.15) is 38.2 Å². The van der Waals surface area contributed by atoms with Gasteiger partial charge < -0.3 is 9.64 Å². The number of benzene rings is 2. The van der Waals surface area contributed by atoms with E-state index in [0.717, 1.165) is 34.4 Å². The van der Waals surface area contributed by atoms with Crippen molar-refractivity contribution in [2.24, 2.45) is 5.92 Å². The number of carbonyl (C=O) groups excluding carboxylic acids is 2. The van der Waals surface area contributed by atoms with Crippen molar-refractivity contribution < 1.29 is 14.3 Å². The number of thioether (sulfide) groups is 1. The Morgan fingerprint density at radius 3 is 2.43 bits per heavy atom. The van der Waals surface area contributed by atoms with Gasteiger partial charge in [-0.3, -0.25) is 14.2 Å². The Kier molecular flexibility index (Phi) is 8.58. The Hall–Kier alpha value is -3.13. The van der Waals surface area contributed by atoms with Crippen molar-refractivity contribution in [1.29, 1.82) is 0 Å². The highest BCUT2D eigenvalue weighted by molar-refractivity contribution is 7.99. The molecule has 0 atom stereocenters. The number of piperidine rings is 1. The number of hydrogen-bond donors (Lipinski definition) is 0. The summed E-state index contributed by atoms with van der Waals surface area (Å²) in [4.78, 5) is 26.5. The van der Waals surface area contributed by atoms with E-state index < -0.39 is 0 Å². The summed E-state index contributed by atoms with van der Waals surface area (Å²) in [5.41, 5.74) is 3.22. The maximum atomic E-state index is 12.7. The second-order valence-corrected chi connectivity index (χ2v) is 9.76. The fourth-order valence-corrected chi connectivity index (χ4v) is 5.12. The van der Waals surface area contributed by atoms with Crippen LogP contribution >= 0.6 is 11.8 Å². The van der Waals surface area contributed by atoms with Gasteiger partial charge >= 0.3 is 5.97 Å². The first-order valence-electron chi connectivity index (χ1n) is 12.2. The average molecular weight is 493 g/mol. The molecule has 1 aliphatic heterocycles. The lowest BCUT2D eigenvalue weighted by molar-refractivity contribution is -0.151. The zero-order valence-corrected chi connectivity index (χ0v) is 21.2. The largest absolute Gasteiger partial charge is 0.466 e. The van der Waals surface area contributed by atoms with Crippen molar-refractivity contribution in [3.63, 3.8) is 0 Å². The molecule has 3 aromatic rings. The van der Waals surface area contributed by atoms with Crippen molar-refractivity contribution in [2.45, 2.75) is 44.7 Å². The molecule has 0 spiro atoms. The summed E-state index contributed by atoms with van der Waals surface area (Å²) >= 11 is 1.62. The van der Waals surface area contributed by atoms with Crippen molar-refractivity contribution in [2.75, 3.05) is 25.4 Å². The fourth-order valence-electron chi connectivity index (χ4n) is 4.23. The van der Waals surface area contributed by atoms with Gasteiger partial charge in [0, 0.05) is 36.5 Å². The number of aromatic nitrogens is 3. The van der Waals surface area contributed by atoms with Crippen LogP contribution in [0.5, 0.6) is 0 Å². The third kappa shape index (κ3) is 6.31. The topological polar surface area (TPSA) is 77.3 Å². The lowest BCUT2D eigenvalue weighted by Crippen LogP contribution is -2.40. The predicted molar refractivity (Wildman–Crippen MR) is 137 cm³/mol. The molecule has 1 amide bonds. The van der Waals surface area contributed by atoms with E-state index in [9.17, 15) is 9.59 Å². The van der Waals surface area contributed by atoms with Crippen LogP contribution in [0, 0.1) is 12.8 Å². The molecular weight excluding hydrogens is 460 g/mol. The molecule has 1 aliphatic rings. The normalized spacial score (nSPS) is 14.2. The maximum absolute atomic E-state index is 12.7. The van der Waals surface area contributed by atoms with Gasteiger partial charge in [-0.25, -0.2) is 0 Å². The highest BCUT2D eigenvalue weighted by atomic mass is 32.2. The fraction of sp³-hybridized carbons (Fsp3) is 0.407. The summed E-state index contributed by atoms with van der Waals surface area (Å²) in [5, 5.41) is 9.78. The van der Waals surface area contributed by atoms with Gasteiger partial charge in [-0.1, -0.05) is 59.8 Å². The number of rotatable bonds is 9. The molecule has 8 heteroatoms. The minimum Gasteiger partial charge on any atom is -0.466 e. The van der Waals surface area contributed by atoms with E-state index in [4.69, 9.17) is 4.74 Å². The van der Waals surface area contributed by atoms with Gasteiger partial charge in [-0.15, -0.1) is 10.2 Å². The number of para-hydroxylation sites is 1. The molecule has 2 aromatic carbocycles. The van der Waals surface area contributed by atoms with Crippen LogP contribution < -0.4 is 0 Å². The Bertz CT molecular complexity index is 1120. The van der Waals surface area contributed by atoms with Crippen LogP contribution in [0.4, 0.5) is 0 Å². The highest BCUT2D eigenvalue weighted by Gasteiger charge is 2.28. The molecule has 2 heterocycles. The SMILES string of the molecule is CCOC(=O)C1CCN(C(=O)CCCSc2nnc(-c3ccc(C)cc3)n2-c2ccccc2)CC1. The molecule has 184 valence electrons. The standard InChI is InChI=1S/C27H32N4O3S/c1-3-34-26(33)22-15-17-30(18-16-22)24(32)10-7-19-35-27-29-28-25(21-13-11-20(2)12-14-21)31(27)23-8-5-4-6-9-23/h4-6,8-9,11-14,22H,3,7,10,15-19H2,1-2H3.